The van der Waals surface area contributed by atoms with E-state index in [1.807, 2.05) is 19.1 Å². The van der Waals surface area contributed by atoms with Gasteiger partial charge in [-0.3, -0.25) is 0 Å². The molecule has 0 spiro atoms. The maximum absolute atomic E-state index is 11.8. The van der Waals surface area contributed by atoms with Crippen LogP contribution in [0.3, 0.4) is 0 Å². The Morgan fingerprint density at radius 1 is 1.17 bits per heavy atom. The van der Waals surface area contributed by atoms with E-state index in [4.69, 9.17) is 11.6 Å². The van der Waals surface area contributed by atoms with Gasteiger partial charge in [-0.05, 0) is 36.5 Å². The minimum Gasteiger partial charge on any atom is -0.224 e. The normalized spacial score (nSPS) is 13.8. The van der Waals surface area contributed by atoms with Gasteiger partial charge in [0.2, 0.25) is 0 Å². The monoisotopic (exact) mass is 288 g/mol. The third-order valence-electron chi connectivity index (χ3n) is 2.91. The lowest BCUT2D eigenvalue weighted by Crippen LogP contribution is -2.11. The molecule has 0 heterocycles. The summed E-state index contributed by atoms with van der Waals surface area (Å²) in [5, 5.41) is 0.0862. The van der Waals surface area contributed by atoms with E-state index < -0.39 is 9.84 Å². The summed E-state index contributed by atoms with van der Waals surface area (Å²) in [6, 6.07) is 7.09. The molecular formula is C14H21ClO2S. The van der Waals surface area contributed by atoms with Gasteiger partial charge in [0, 0.05) is 5.38 Å². The lowest BCUT2D eigenvalue weighted by Gasteiger charge is -2.13. The van der Waals surface area contributed by atoms with Crippen molar-refractivity contribution < 1.29 is 8.42 Å². The molecule has 102 valence electrons. The molecule has 0 aliphatic heterocycles. The van der Waals surface area contributed by atoms with Crippen molar-refractivity contribution in [2.45, 2.75) is 43.9 Å². The highest BCUT2D eigenvalue weighted by atomic mass is 35.5. The van der Waals surface area contributed by atoms with Crippen molar-refractivity contribution in [1.82, 2.24) is 0 Å². The van der Waals surface area contributed by atoms with Gasteiger partial charge in [-0.25, -0.2) is 8.42 Å². The lowest BCUT2D eigenvalue weighted by molar-refractivity contribution is 0.592. The first-order valence-electron chi connectivity index (χ1n) is 6.32. The number of sulfone groups is 1. The average molecular weight is 289 g/mol. The van der Waals surface area contributed by atoms with Crippen molar-refractivity contribution in [1.29, 1.82) is 0 Å². The highest BCUT2D eigenvalue weighted by Gasteiger charge is 2.14. The summed E-state index contributed by atoms with van der Waals surface area (Å²) in [4.78, 5) is 0.406. The van der Waals surface area contributed by atoms with Gasteiger partial charge in [0.15, 0.2) is 9.84 Å². The minimum atomic E-state index is -3.10. The quantitative estimate of drug-likeness (QED) is 0.749. The standard InChI is InChI=1S/C14H21ClO2S/c1-4-9-18(16,17)13-7-5-12(6-8-13)10-14(15)11(2)3/h5-8,11,14H,4,9-10H2,1-3H3. The zero-order chi connectivity index (χ0) is 13.8. The van der Waals surface area contributed by atoms with E-state index in [2.05, 4.69) is 13.8 Å². The topological polar surface area (TPSA) is 34.1 Å². The summed E-state index contributed by atoms with van der Waals surface area (Å²) in [6.07, 6.45) is 1.41. The molecule has 1 aromatic rings. The highest BCUT2D eigenvalue weighted by Crippen LogP contribution is 2.18. The Hall–Kier alpha value is -0.540. The molecule has 0 N–H and O–H groups in total. The van der Waals surface area contributed by atoms with E-state index >= 15 is 0 Å². The number of hydrogen-bond acceptors (Lipinski definition) is 2. The number of alkyl halides is 1. The Balaban J connectivity index is 2.81. The lowest BCUT2D eigenvalue weighted by atomic mass is 10.0. The third-order valence-corrected chi connectivity index (χ3v) is 5.50. The summed E-state index contributed by atoms with van der Waals surface area (Å²) in [5.41, 5.74) is 1.08. The second-order valence-corrected chi connectivity index (χ2v) is 7.60. The number of hydrogen-bond donors (Lipinski definition) is 0. The predicted molar refractivity (Wildman–Crippen MR) is 77.0 cm³/mol. The van der Waals surface area contributed by atoms with Crippen LogP contribution in [-0.4, -0.2) is 19.5 Å². The SMILES string of the molecule is CCCS(=O)(=O)c1ccc(CC(Cl)C(C)C)cc1. The molecular weight excluding hydrogens is 268 g/mol. The molecule has 0 saturated heterocycles. The fraction of sp³-hybridized carbons (Fsp3) is 0.571. The second kappa shape index (κ2) is 6.58. The van der Waals surface area contributed by atoms with E-state index in [1.54, 1.807) is 12.1 Å². The Morgan fingerprint density at radius 3 is 2.17 bits per heavy atom. The van der Waals surface area contributed by atoms with Gasteiger partial charge in [-0.15, -0.1) is 11.6 Å². The van der Waals surface area contributed by atoms with Crippen LogP contribution in [0.25, 0.3) is 0 Å². The zero-order valence-corrected chi connectivity index (χ0v) is 12.8. The van der Waals surface area contributed by atoms with Crippen molar-refractivity contribution in [2.24, 2.45) is 5.92 Å². The zero-order valence-electron chi connectivity index (χ0n) is 11.2. The molecule has 1 aromatic carbocycles. The minimum absolute atomic E-state index is 0.0862. The molecule has 1 atom stereocenters. The molecule has 0 aromatic heterocycles. The molecule has 1 rings (SSSR count). The molecule has 18 heavy (non-hydrogen) atoms. The van der Waals surface area contributed by atoms with Gasteiger partial charge in [0.1, 0.15) is 0 Å². The van der Waals surface area contributed by atoms with E-state index in [9.17, 15) is 8.42 Å². The van der Waals surface area contributed by atoms with Gasteiger partial charge < -0.3 is 0 Å². The average Bonchev–Trinajstić information content (AvgIpc) is 2.29. The van der Waals surface area contributed by atoms with Crippen LogP contribution in [0.15, 0.2) is 29.2 Å². The largest absolute Gasteiger partial charge is 0.224 e. The van der Waals surface area contributed by atoms with Crippen LogP contribution in [0.4, 0.5) is 0 Å². The fourth-order valence-electron chi connectivity index (χ4n) is 1.68. The molecule has 4 heteroatoms. The molecule has 0 saturated carbocycles. The maximum Gasteiger partial charge on any atom is 0.178 e. The number of halogens is 1. The molecule has 2 nitrogen and oxygen atoms in total. The van der Waals surface area contributed by atoms with Crippen molar-refractivity contribution in [3.63, 3.8) is 0 Å². The summed E-state index contributed by atoms with van der Waals surface area (Å²) in [7, 11) is -3.10. The smallest absolute Gasteiger partial charge is 0.178 e. The van der Waals surface area contributed by atoms with Gasteiger partial charge in [0.05, 0.1) is 10.6 Å². The predicted octanol–water partition coefficient (Wildman–Crippen LogP) is 3.68. The Kier molecular flexibility index (Phi) is 5.67. The highest BCUT2D eigenvalue weighted by molar-refractivity contribution is 7.91. The van der Waals surface area contributed by atoms with E-state index in [0.29, 0.717) is 17.2 Å². The van der Waals surface area contributed by atoms with E-state index in [0.717, 1.165) is 12.0 Å². The van der Waals surface area contributed by atoms with Crippen LogP contribution >= 0.6 is 11.6 Å². The van der Waals surface area contributed by atoms with Crippen molar-refractivity contribution >= 4 is 21.4 Å². The fourth-order valence-corrected chi connectivity index (χ4v) is 3.18. The molecule has 0 radical (unpaired) electrons. The number of rotatable bonds is 6. The number of benzene rings is 1. The van der Waals surface area contributed by atoms with Gasteiger partial charge in [0.25, 0.3) is 0 Å². The summed E-state index contributed by atoms with van der Waals surface area (Å²) >= 11 is 6.21. The van der Waals surface area contributed by atoms with Gasteiger partial charge >= 0.3 is 0 Å². The first-order valence-corrected chi connectivity index (χ1v) is 8.41. The Morgan fingerprint density at radius 2 is 1.72 bits per heavy atom. The first kappa shape index (κ1) is 15.5. The Labute approximate surface area is 115 Å². The summed E-state index contributed by atoms with van der Waals surface area (Å²) in [6.45, 7) is 6.03. The van der Waals surface area contributed by atoms with Crippen LogP contribution in [0.2, 0.25) is 0 Å². The molecule has 0 amide bonds. The third kappa shape index (κ3) is 4.29. The van der Waals surface area contributed by atoms with Crippen LogP contribution in [0.1, 0.15) is 32.8 Å². The van der Waals surface area contributed by atoms with Gasteiger partial charge in [-0.2, -0.15) is 0 Å². The van der Waals surface area contributed by atoms with Crippen LogP contribution in [0, 0.1) is 5.92 Å². The van der Waals surface area contributed by atoms with E-state index in [-0.39, 0.29) is 11.1 Å². The van der Waals surface area contributed by atoms with Crippen LogP contribution < -0.4 is 0 Å². The second-order valence-electron chi connectivity index (χ2n) is 4.93. The molecule has 0 aliphatic carbocycles. The first-order chi connectivity index (χ1) is 8.36. The van der Waals surface area contributed by atoms with E-state index in [1.165, 1.54) is 0 Å². The van der Waals surface area contributed by atoms with Crippen molar-refractivity contribution in [3.8, 4) is 0 Å². The van der Waals surface area contributed by atoms with Crippen LogP contribution in [-0.2, 0) is 16.3 Å². The van der Waals surface area contributed by atoms with Crippen molar-refractivity contribution in [3.05, 3.63) is 29.8 Å². The summed E-state index contributed by atoms with van der Waals surface area (Å²) in [5.74, 6) is 0.617. The summed E-state index contributed by atoms with van der Waals surface area (Å²) < 4.78 is 23.7. The van der Waals surface area contributed by atoms with Crippen molar-refractivity contribution in [2.75, 3.05) is 5.75 Å². The Bertz CT molecular complexity index is 463. The molecule has 0 aliphatic rings. The van der Waals surface area contributed by atoms with Crippen LogP contribution in [0.5, 0.6) is 0 Å². The molecule has 1 unspecified atom stereocenters. The van der Waals surface area contributed by atoms with Gasteiger partial charge in [-0.1, -0.05) is 32.9 Å². The maximum atomic E-state index is 11.8. The molecule has 0 bridgehead atoms. The molecule has 0 fully saturated rings.